The second-order valence-electron chi connectivity index (χ2n) is 7.51. The Kier molecular flexibility index (Phi) is 6.40. The summed E-state index contributed by atoms with van der Waals surface area (Å²) >= 11 is 3.00. The predicted molar refractivity (Wildman–Crippen MR) is 117 cm³/mol. The van der Waals surface area contributed by atoms with E-state index in [0.717, 1.165) is 32.2 Å². The van der Waals surface area contributed by atoms with Crippen LogP contribution in [-0.2, 0) is 6.54 Å². The van der Waals surface area contributed by atoms with Crippen LogP contribution in [0.5, 0.6) is 0 Å². The summed E-state index contributed by atoms with van der Waals surface area (Å²) < 4.78 is 8.40. The lowest BCUT2D eigenvalue weighted by molar-refractivity contribution is 0.102. The molecule has 1 saturated carbocycles. The molecular formula is C21H26N4O2S2. The van der Waals surface area contributed by atoms with Crippen LogP contribution in [0.3, 0.4) is 0 Å². The third-order valence-corrected chi connectivity index (χ3v) is 7.42. The molecule has 1 N–H and O–H groups in total. The van der Waals surface area contributed by atoms with Gasteiger partial charge in [-0.1, -0.05) is 42.4 Å². The highest BCUT2D eigenvalue weighted by Crippen LogP contribution is 2.29. The number of nitrogens with one attached hydrogen (secondary N) is 1. The molecule has 1 aliphatic carbocycles. The zero-order chi connectivity index (χ0) is 20.2. The zero-order valence-electron chi connectivity index (χ0n) is 16.8. The molecule has 0 unspecified atom stereocenters. The Hall–Kier alpha value is -2.06. The first-order valence-electron chi connectivity index (χ1n) is 10.1. The van der Waals surface area contributed by atoms with E-state index in [0.29, 0.717) is 18.3 Å². The quantitative estimate of drug-likeness (QED) is 0.385. The largest absolute Gasteiger partial charge is 0.467 e. The lowest BCUT2D eigenvalue weighted by atomic mass is 9.96. The first-order valence-corrected chi connectivity index (χ1v) is 11.9. The number of Topliss-reactive ketones (excluding diaryl/α,β-unsaturated/α-hetero) is 1. The molecule has 29 heavy (non-hydrogen) atoms. The molecule has 1 fully saturated rings. The smallest absolute Gasteiger partial charge is 0.206 e. The summed E-state index contributed by atoms with van der Waals surface area (Å²) in [4.78, 5) is 12.8. The van der Waals surface area contributed by atoms with Crippen molar-refractivity contribution >= 4 is 34.0 Å². The maximum absolute atomic E-state index is 12.8. The molecule has 4 rings (SSSR count). The van der Waals surface area contributed by atoms with Crippen LogP contribution in [0.4, 0.5) is 5.13 Å². The summed E-state index contributed by atoms with van der Waals surface area (Å²) in [5.41, 5.74) is 2.80. The Balaban J connectivity index is 1.35. The van der Waals surface area contributed by atoms with E-state index in [4.69, 9.17) is 4.42 Å². The summed E-state index contributed by atoms with van der Waals surface area (Å²) in [6.07, 6.45) is 7.98. The van der Waals surface area contributed by atoms with Gasteiger partial charge in [0.15, 0.2) is 10.1 Å². The molecule has 0 amide bonds. The van der Waals surface area contributed by atoms with Crippen molar-refractivity contribution in [2.24, 2.45) is 0 Å². The van der Waals surface area contributed by atoms with Crippen molar-refractivity contribution in [2.45, 2.75) is 62.9 Å². The number of hydrogen-bond acceptors (Lipinski definition) is 7. The summed E-state index contributed by atoms with van der Waals surface area (Å²) in [7, 11) is 0. The van der Waals surface area contributed by atoms with Gasteiger partial charge in [-0.05, 0) is 44.9 Å². The first-order chi connectivity index (χ1) is 14.1. The van der Waals surface area contributed by atoms with Gasteiger partial charge < -0.3 is 14.3 Å². The number of anilines is 1. The van der Waals surface area contributed by atoms with Crippen LogP contribution in [0.15, 0.2) is 33.2 Å². The molecule has 0 aromatic carbocycles. The molecule has 6 nitrogen and oxygen atoms in total. The number of aryl methyl sites for hydroxylation is 1. The van der Waals surface area contributed by atoms with E-state index in [1.54, 1.807) is 6.26 Å². The molecule has 8 heteroatoms. The minimum absolute atomic E-state index is 0.116. The van der Waals surface area contributed by atoms with Gasteiger partial charge in [0.25, 0.3) is 0 Å². The van der Waals surface area contributed by atoms with Gasteiger partial charge >= 0.3 is 0 Å². The van der Waals surface area contributed by atoms with Gasteiger partial charge in [0, 0.05) is 23.0 Å². The second kappa shape index (κ2) is 9.17. The number of furan rings is 1. The number of ketones is 1. The van der Waals surface area contributed by atoms with Crippen molar-refractivity contribution in [3.05, 3.63) is 47.2 Å². The third-order valence-electron chi connectivity index (χ3n) is 5.43. The van der Waals surface area contributed by atoms with Crippen LogP contribution in [0, 0.1) is 13.8 Å². The summed E-state index contributed by atoms with van der Waals surface area (Å²) in [6, 6.07) is 6.31. The van der Waals surface area contributed by atoms with Crippen LogP contribution in [-0.4, -0.2) is 32.3 Å². The summed E-state index contributed by atoms with van der Waals surface area (Å²) in [5.74, 6) is 1.36. The summed E-state index contributed by atoms with van der Waals surface area (Å²) in [6.45, 7) is 4.65. The maximum Gasteiger partial charge on any atom is 0.206 e. The molecular weight excluding hydrogens is 404 g/mol. The minimum Gasteiger partial charge on any atom is -0.467 e. The van der Waals surface area contributed by atoms with Gasteiger partial charge in [0.2, 0.25) is 5.13 Å². The first kappa shape index (κ1) is 20.2. The van der Waals surface area contributed by atoms with E-state index in [-0.39, 0.29) is 5.78 Å². The third kappa shape index (κ3) is 4.93. The number of hydrogen-bond donors (Lipinski definition) is 1. The molecule has 0 bridgehead atoms. The van der Waals surface area contributed by atoms with E-state index in [1.165, 1.54) is 55.2 Å². The fourth-order valence-electron chi connectivity index (χ4n) is 3.84. The molecule has 0 atom stereocenters. The molecule has 3 heterocycles. The van der Waals surface area contributed by atoms with Crippen LogP contribution < -0.4 is 5.32 Å². The van der Waals surface area contributed by atoms with Gasteiger partial charge in [0.1, 0.15) is 5.76 Å². The highest BCUT2D eigenvalue weighted by atomic mass is 32.2. The van der Waals surface area contributed by atoms with E-state index in [9.17, 15) is 4.79 Å². The molecule has 0 spiro atoms. The van der Waals surface area contributed by atoms with Crippen LogP contribution in [0.1, 0.15) is 59.6 Å². The highest BCUT2D eigenvalue weighted by molar-refractivity contribution is 8.01. The number of aromatic nitrogens is 3. The van der Waals surface area contributed by atoms with Crippen molar-refractivity contribution in [3.63, 3.8) is 0 Å². The topological polar surface area (TPSA) is 73.0 Å². The van der Waals surface area contributed by atoms with Crippen molar-refractivity contribution in [1.29, 1.82) is 0 Å². The highest BCUT2D eigenvalue weighted by Gasteiger charge is 2.19. The molecule has 0 radical (unpaired) electrons. The van der Waals surface area contributed by atoms with Crippen molar-refractivity contribution in [3.8, 4) is 0 Å². The Bertz CT molecular complexity index is 956. The number of carbonyl (C=O) groups excluding carboxylic acids is 1. The predicted octanol–water partition coefficient (Wildman–Crippen LogP) is 5.32. The van der Waals surface area contributed by atoms with Crippen LogP contribution >= 0.6 is 23.1 Å². The Morgan fingerprint density at radius 3 is 2.90 bits per heavy atom. The lowest BCUT2D eigenvalue weighted by Crippen LogP contribution is -2.21. The standard InChI is InChI=1S/C21H26N4O2S2/c1-14-11-18(15(2)25(14)12-17-9-6-10-27-17)19(26)13-28-21-24-23-20(29-21)22-16-7-4-3-5-8-16/h6,9-11,16H,3-5,7-8,12-13H2,1-2H3,(H,22,23). The number of rotatable bonds is 8. The maximum atomic E-state index is 12.8. The van der Waals surface area contributed by atoms with Crippen molar-refractivity contribution in [1.82, 2.24) is 14.8 Å². The lowest BCUT2D eigenvalue weighted by Gasteiger charge is -2.21. The van der Waals surface area contributed by atoms with Gasteiger partial charge in [-0.3, -0.25) is 4.79 Å². The Morgan fingerprint density at radius 2 is 2.14 bits per heavy atom. The van der Waals surface area contributed by atoms with Crippen LogP contribution in [0.25, 0.3) is 0 Å². The van der Waals surface area contributed by atoms with Crippen molar-refractivity contribution < 1.29 is 9.21 Å². The summed E-state index contributed by atoms with van der Waals surface area (Å²) in [5, 5.41) is 12.9. The molecule has 0 saturated heterocycles. The van der Waals surface area contributed by atoms with E-state index < -0.39 is 0 Å². The molecule has 3 aromatic heterocycles. The molecule has 154 valence electrons. The van der Waals surface area contributed by atoms with Crippen molar-refractivity contribution in [2.75, 3.05) is 11.1 Å². The second-order valence-corrected chi connectivity index (χ2v) is 9.71. The fraction of sp³-hybridized carbons (Fsp3) is 0.476. The molecule has 3 aromatic rings. The van der Waals surface area contributed by atoms with Gasteiger partial charge in [-0.15, -0.1) is 10.2 Å². The monoisotopic (exact) mass is 430 g/mol. The molecule has 1 aliphatic rings. The minimum atomic E-state index is 0.116. The van der Waals surface area contributed by atoms with E-state index in [1.807, 2.05) is 32.0 Å². The number of thioether (sulfide) groups is 1. The van der Waals surface area contributed by atoms with Gasteiger partial charge in [0.05, 0.1) is 18.6 Å². The Labute approximate surface area is 179 Å². The normalized spacial score (nSPS) is 15.0. The van der Waals surface area contributed by atoms with Gasteiger partial charge in [-0.25, -0.2) is 0 Å². The van der Waals surface area contributed by atoms with Crippen LogP contribution in [0.2, 0.25) is 0 Å². The number of nitrogens with zero attached hydrogens (tertiary/aromatic N) is 3. The molecule has 0 aliphatic heterocycles. The average Bonchev–Trinajstić information content (AvgIpc) is 3.45. The van der Waals surface area contributed by atoms with Gasteiger partial charge in [-0.2, -0.15) is 0 Å². The SMILES string of the molecule is Cc1cc(C(=O)CSc2nnc(NC3CCCCC3)s2)c(C)n1Cc1ccco1. The average molecular weight is 431 g/mol. The van der Waals surface area contributed by atoms with E-state index in [2.05, 4.69) is 20.1 Å². The number of carbonyl (C=O) groups is 1. The Morgan fingerprint density at radius 1 is 1.31 bits per heavy atom. The fourth-order valence-corrected chi connectivity index (χ4v) is 5.55. The van der Waals surface area contributed by atoms with E-state index >= 15 is 0 Å². The zero-order valence-corrected chi connectivity index (χ0v) is 18.4.